The quantitative estimate of drug-likeness (QED) is 0.0641. The molecule has 6 N–H and O–H groups in total. The molecule has 0 heterocycles. The van der Waals surface area contributed by atoms with E-state index in [0.717, 1.165) is 16.9 Å². The Morgan fingerprint density at radius 1 is 0.869 bits per heavy atom. The van der Waals surface area contributed by atoms with Crippen LogP contribution in [0.3, 0.4) is 0 Å². The number of carbonyl (C=O) groups is 7. The van der Waals surface area contributed by atoms with E-state index in [1.807, 2.05) is 47.6 Å². The fraction of sp³-hybridized carbons (Fsp3) is 0.622. The molecule has 15 nitrogen and oxygen atoms in total. The fourth-order valence-corrected chi connectivity index (χ4v) is 6.46. The van der Waals surface area contributed by atoms with Gasteiger partial charge in [-0.05, 0) is 96.3 Å². The molecule has 0 spiro atoms. The monoisotopic (exact) mass is 874 g/mol. The van der Waals surface area contributed by atoms with Crippen LogP contribution in [0.4, 0.5) is 0 Å². The van der Waals surface area contributed by atoms with E-state index in [4.69, 9.17) is 11.6 Å². The van der Waals surface area contributed by atoms with Gasteiger partial charge < -0.3 is 41.3 Å². The van der Waals surface area contributed by atoms with Crippen LogP contribution in [0.1, 0.15) is 107 Å². The van der Waals surface area contributed by atoms with Gasteiger partial charge in [-0.1, -0.05) is 82.5 Å². The molecular formula is C45H71ClN6O9. The highest BCUT2D eigenvalue weighted by atomic mass is 35.5. The molecule has 7 atom stereocenters. The van der Waals surface area contributed by atoms with Crippen molar-refractivity contribution in [3.63, 3.8) is 0 Å². The van der Waals surface area contributed by atoms with Crippen molar-refractivity contribution < 1.29 is 43.8 Å². The first-order valence-corrected chi connectivity index (χ1v) is 21.3. The molecule has 0 aromatic heterocycles. The van der Waals surface area contributed by atoms with Crippen LogP contribution in [0.25, 0.3) is 0 Å². The van der Waals surface area contributed by atoms with E-state index in [9.17, 15) is 43.8 Å². The summed E-state index contributed by atoms with van der Waals surface area (Å²) in [7, 11) is 2.80. The molecule has 1 rings (SSSR count). The lowest BCUT2D eigenvalue weighted by Crippen LogP contribution is -2.59. The van der Waals surface area contributed by atoms with Crippen LogP contribution in [-0.4, -0.2) is 118 Å². The number of amides is 6. The summed E-state index contributed by atoms with van der Waals surface area (Å²) in [5.74, 6) is -5.35. The van der Waals surface area contributed by atoms with E-state index in [1.54, 1.807) is 44.2 Å². The minimum atomic E-state index is -1.60. The molecule has 1 aromatic rings. The Hall–Kier alpha value is -4.76. The molecule has 0 bridgehead atoms. The topological polar surface area (TPSA) is 215 Å². The number of halogens is 1. The van der Waals surface area contributed by atoms with Gasteiger partial charge in [-0.2, -0.15) is 0 Å². The van der Waals surface area contributed by atoms with Gasteiger partial charge in [-0.25, -0.2) is 4.79 Å². The Bertz CT molecular complexity index is 1750. The Balaban J connectivity index is 3.26. The lowest BCUT2D eigenvalue weighted by molar-refractivity contribution is -0.147. The highest BCUT2D eigenvalue weighted by Gasteiger charge is 2.37. The molecule has 0 fully saturated rings. The molecule has 0 aliphatic rings. The van der Waals surface area contributed by atoms with Crippen molar-refractivity contribution in [3.8, 4) is 0 Å². The summed E-state index contributed by atoms with van der Waals surface area (Å²) in [5, 5.41) is 31.2. The van der Waals surface area contributed by atoms with Gasteiger partial charge in [-0.3, -0.25) is 28.8 Å². The molecular weight excluding hydrogens is 804 g/mol. The molecule has 0 saturated carbocycles. The molecule has 1 aromatic carbocycles. The highest BCUT2D eigenvalue weighted by Crippen LogP contribution is 2.19. The van der Waals surface area contributed by atoms with Crippen LogP contribution in [0.5, 0.6) is 0 Å². The predicted octanol–water partition coefficient (Wildman–Crippen LogP) is 4.40. The van der Waals surface area contributed by atoms with E-state index in [1.165, 1.54) is 39.8 Å². The minimum absolute atomic E-state index is 0.00732. The molecule has 0 radical (unpaired) electrons. The number of allylic oxidation sites excluding steroid dienone is 2. The standard InChI is InChI=1S/C45H71ClN6O9/c1-14-27(5)23-30(8)36(53)21-16-29(7)39(55)48-34(22-26(3)4)40(56)47-31(9)42(58)52(13)35(24-32-17-19-33(46)20-18-32)43(59)51(12)25-37(54)49-38(28(6)15-2)41(57)50-45(10,11)44(60)61/h14,16-20,26,28,30-31,34-36,38,53H,15,21-25H2,1-13H3,(H,47,56)(H,48,55)(H,49,54)(H,50,57)(H,60,61)/b27-14+,29-16+/t28-,30+,31-,34+,35+,36-,38?/m0/s1. The first kappa shape index (κ1) is 54.3. The predicted molar refractivity (Wildman–Crippen MR) is 237 cm³/mol. The summed E-state index contributed by atoms with van der Waals surface area (Å²) in [4.78, 5) is 95.6. The number of rotatable bonds is 24. The molecule has 61 heavy (non-hydrogen) atoms. The Labute approximate surface area is 367 Å². The Kier molecular flexibility index (Phi) is 22.5. The smallest absolute Gasteiger partial charge is 0.328 e. The summed E-state index contributed by atoms with van der Waals surface area (Å²) < 4.78 is 0. The third-order valence-corrected chi connectivity index (χ3v) is 11.1. The summed E-state index contributed by atoms with van der Waals surface area (Å²) in [6.45, 7) is 18.5. The number of nitrogens with zero attached hydrogens (tertiary/aromatic N) is 2. The zero-order valence-corrected chi connectivity index (χ0v) is 39.1. The molecule has 0 saturated heterocycles. The van der Waals surface area contributed by atoms with Crippen molar-refractivity contribution >= 4 is 53.0 Å². The van der Waals surface area contributed by atoms with E-state index in [0.29, 0.717) is 22.6 Å². The number of carbonyl (C=O) groups excluding carboxylic acids is 6. The number of likely N-dealkylation sites (N-methyl/N-ethyl adjacent to an activating group) is 2. The van der Waals surface area contributed by atoms with Gasteiger partial charge in [0.25, 0.3) is 0 Å². The second kappa shape index (κ2) is 25.2. The minimum Gasteiger partial charge on any atom is -0.480 e. The van der Waals surface area contributed by atoms with Crippen LogP contribution in [0, 0.1) is 17.8 Å². The average molecular weight is 876 g/mol. The van der Waals surface area contributed by atoms with Crippen LogP contribution >= 0.6 is 11.6 Å². The van der Waals surface area contributed by atoms with Crippen molar-refractivity contribution in [1.29, 1.82) is 0 Å². The van der Waals surface area contributed by atoms with Gasteiger partial charge in [0, 0.05) is 31.1 Å². The number of hydrogen-bond acceptors (Lipinski definition) is 8. The summed E-state index contributed by atoms with van der Waals surface area (Å²) in [6, 6.07) is 2.29. The fourth-order valence-electron chi connectivity index (χ4n) is 6.34. The Morgan fingerprint density at radius 2 is 1.46 bits per heavy atom. The maximum absolute atomic E-state index is 14.1. The van der Waals surface area contributed by atoms with Gasteiger partial charge >= 0.3 is 5.97 Å². The van der Waals surface area contributed by atoms with E-state index in [-0.39, 0.29) is 37.0 Å². The SMILES string of the molecule is C/C=C(\C)C[C@@H](C)[C@@H](O)C/C=C(\C)C(=O)N[C@H](CC(C)C)C(=O)N[C@@H](C)C(=O)N(C)[C@H](Cc1ccc(Cl)cc1)C(=O)N(C)CC(=O)NC(C(=O)NC(C)(C)C(=O)O)[C@@H](C)CC. The molecule has 16 heteroatoms. The number of nitrogens with one attached hydrogen (secondary N) is 4. The molecule has 0 aliphatic heterocycles. The van der Waals surface area contributed by atoms with Gasteiger partial charge in [0.05, 0.1) is 12.6 Å². The van der Waals surface area contributed by atoms with E-state index >= 15 is 0 Å². The van der Waals surface area contributed by atoms with Crippen molar-refractivity contribution in [2.75, 3.05) is 20.6 Å². The zero-order valence-electron chi connectivity index (χ0n) is 38.4. The van der Waals surface area contributed by atoms with Crippen LogP contribution in [-0.2, 0) is 40.0 Å². The molecule has 6 amide bonds. The number of aliphatic hydroxyl groups excluding tert-OH is 1. The maximum atomic E-state index is 14.1. The van der Waals surface area contributed by atoms with Crippen LogP contribution < -0.4 is 21.3 Å². The second-order valence-corrected chi connectivity index (χ2v) is 17.7. The lowest BCUT2D eigenvalue weighted by atomic mass is 9.94. The molecule has 0 aliphatic carbocycles. The van der Waals surface area contributed by atoms with Crippen molar-refractivity contribution in [2.24, 2.45) is 17.8 Å². The number of carboxylic acid groups (broad SMARTS) is 1. The van der Waals surface area contributed by atoms with Gasteiger partial charge in [0.1, 0.15) is 29.7 Å². The summed E-state index contributed by atoms with van der Waals surface area (Å²) in [6.07, 6.45) is 4.73. The normalized spacial score (nSPS) is 15.6. The van der Waals surface area contributed by atoms with Crippen molar-refractivity contribution in [1.82, 2.24) is 31.1 Å². The van der Waals surface area contributed by atoms with Crippen molar-refractivity contribution in [3.05, 3.63) is 58.1 Å². The third-order valence-electron chi connectivity index (χ3n) is 10.9. The summed E-state index contributed by atoms with van der Waals surface area (Å²) in [5.41, 5.74) is 0.548. The molecule has 1 unspecified atom stereocenters. The van der Waals surface area contributed by atoms with E-state index in [2.05, 4.69) is 21.3 Å². The second-order valence-electron chi connectivity index (χ2n) is 17.2. The lowest BCUT2D eigenvalue weighted by Gasteiger charge is -2.33. The highest BCUT2D eigenvalue weighted by molar-refractivity contribution is 6.30. The van der Waals surface area contributed by atoms with Gasteiger partial charge in [0.15, 0.2) is 0 Å². The van der Waals surface area contributed by atoms with Crippen LogP contribution in [0.2, 0.25) is 5.02 Å². The largest absolute Gasteiger partial charge is 0.480 e. The molecule has 342 valence electrons. The number of aliphatic carboxylic acids is 1. The average Bonchev–Trinajstić information content (AvgIpc) is 3.19. The van der Waals surface area contributed by atoms with E-state index < -0.39 is 83.8 Å². The third kappa shape index (κ3) is 18.0. The summed E-state index contributed by atoms with van der Waals surface area (Å²) >= 11 is 6.11. The maximum Gasteiger partial charge on any atom is 0.328 e. The number of benzene rings is 1. The van der Waals surface area contributed by atoms with Crippen molar-refractivity contribution in [2.45, 2.75) is 144 Å². The first-order valence-electron chi connectivity index (χ1n) is 20.9. The van der Waals surface area contributed by atoms with Crippen LogP contribution in [0.15, 0.2) is 47.6 Å². The number of aliphatic hydroxyl groups is 1. The number of hydrogen-bond donors (Lipinski definition) is 6. The zero-order chi connectivity index (χ0) is 46.9. The van der Waals surface area contributed by atoms with Gasteiger partial charge in [-0.15, -0.1) is 0 Å². The Morgan fingerprint density at radius 3 is 1.98 bits per heavy atom. The van der Waals surface area contributed by atoms with Gasteiger partial charge in [0.2, 0.25) is 35.4 Å². The number of carboxylic acids is 1. The first-order chi connectivity index (χ1) is 28.2.